The fourth-order valence-electron chi connectivity index (χ4n) is 1.03. The number of hydrogen-bond acceptors (Lipinski definition) is 2. The van der Waals surface area contributed by atoms with Gasteiger partial charge in [0.2, 0.25) is 0 Å². The van der Waals surface area contributed by atoms with Gasteiger partial charge in [-0.1, -0.05) is 34.1 Å². The van der Waals surface area contributed by atoms with Gasteiger partial charge in [-0.25, -0.2) is 4.79 Å². The first-order valence-electron chi connectivity index (χ1n) is 4.00. The maximum atomic E-state index is 10.6. The Bertz CT molecular complexity index is 374. The molecule has 0 heterocycles. The number of aromatic carboxylic acids is 1. The minimum absolute atomic E-state index is 0.207. The first-order chi connectivity index (χ1) is 6.65. The summed E-state index contributed by atoms with van der Waals surface area (Å²) in [5, 5.41) is 9.44. The molecule has 14 heavy (non-hydrogen) atoms. The highest BCUT2D eigenvalue weighted by Crippen LogP contribution is 2.16. The molecule has 0 aliphatic carbocycles. The monoisotopic (exact) mass is 255 g/mol. The van der Waals surface area contributed by atoms with Crippen molar-refractivity contribution in [2.24, 2.45) is 0 Å². The third kappa shape index (κ3) is 2.60. The van der Waals surface area contributed by atoms with Gasteiger partial charge in [0.1, 0.15) is 0 Å². The number of hydrogen-bond donors (Lipinski definition) is 2. The molecule has 1 aromatic rings. The van der Waals surface area contributed by atoms with E-state index in [9.17, 15) is 4.79 Å². The van der Waals surface area contributed by atoms with E-state index in [0.717, 1.165) is 10.9 Å². The minimum Gasteiger partial charge on any atom is -0.478 e. The maximum Gasteiger partial charge on any atom is 0.335 e. The zero-order valence-corrected chi connectivity index (χ0v) is 8.99. The van der Waals surface area contributed by atoms with Crippen LogP contribution >= 0.6 is 15.9 Å². The molecule has 0 fully saturated rings. The van der Waals surface area contributed by atoms with Crippen molar-refractivity contribution in [2.75, 3.05) is 11.1 Å². The summed E-state index contributed by atoms with van der Waals surface area (Å²) in [5.41, 5.74) is 7.18. The fourth-order valence-corrected chi connectivity index (χ4v) is 1.22. The van der Waals surface area contributed by atoms with Crippen molar-refractivity contribution in [3.63, 3.8) is 0 Å². The Morgan fingerprint density at radius 1 is 1.57 bits per heavy atom. The number of halogens is 1. The summed E-state index contributed by atoms with van der Waals surface area (Å²) in [6, 6.07) is 4.68. The number of carbonyl (C=O) groups is 1. The highest BCUT2D eigenvalue weighted by atomic mass is 79.9. The largest absolute Gasteiger partial charge is 0.478 e. The van der Waals surface area contributed by atoms with E-state index in [4.69, 9.17) is 10.8 Å². The first-order valence-corrected chi connectivity index (χ1v) is 5.12. The highest BCUT2D eigenvalue weighted by Gasteiger charge is 2.03. The fraction of sp³-hybridized carbons (Fsp3) is 0.100. The van der Waals surface area contributed by atoms with Gasteiger partial charge in [-0.05, 0) is 17.7 Å². The van der Waals surface area contributed by atoms with Gasteiger partial charge in [0, 0.05) is 11.0 Å². The lowest BCUT2D eigenvalue weighted by Crippen LogP contribution is -1.98. The zero-order valence-electron chi connectivity index (χ0n) is 7.40. The molecule has 0 bridgehead atoms. The quantitative estimate of drug-likeness (QED) is 0.644. The third-order valence-corrected chi connectivity index (χ3v) is 2.09. The Hall–Kier alpha value is -1.29. The number of alkyl halides is 1. The highest BCUT2D eigenvalue weighted by molar-refractivity contribution is 9.09. The molecule has 74 valence electrons. The maximum absolute atomic E-state index is 10.6. The van der Waals surface area contributed by atoms with E-state index in [1.807, 2.05) is 12.2 Å². The molecule has 1 aromatic carbocycles. The van der Waals surface area contributed by atoms with Crippen molar-refractivity contribution in [2.45, 2.75) is 0 Å². The predicted octanol–water partition coefficient (Wildman–Crippen LogP) is 2.38. The number of nitrogen functional groups attached to an aromatic ring is 1. The average Bonchev–Trinajstić information content (AvgIpc) is 2.15. The summed E-state index contributed by atoms with van der Waals surface area (Å²) >= 11 is 3.25. The number of allylic oxidation sites excluding steroid dienone is 1. The molecule has 0 saturated heterocycles. The number of benzene rings is 1. The second-order valence-electron chi connectivity index (χ2n) is 2.71. The molecule has 0 spiro atoms. The van der Waals surface area contributed by atoms with E-state index in [1.54, 1.807) is 6.07 Å². The molecule has 4 heteroatoms. The molecular weight excluding hydrogens is 246 g/mol. The van der Waals surface area contributed by atoms with Crippen LogP contribution in [0.5, 0.6) is 0 Å². The van der Waals surface area contributed by atoms with Gasteiger partial charge >= 0.3 is 5.97 Å². The molecule has 0 unspecified atom stereocenters. The Kier molecular flexibility index (Phi) is 3.71. The molecular formula is C10H10BrNO2. The van der Waals surface area contributed by atoms with Gasteiger partial charge in [-0.2, -0.15) is 0 Å². The molecule has 3 nitrogen and oxygen atoms in total. The lowest BCUT2D eigenvalue weighted by atomic mass is 10.1. The summed E-state index contributed by atoms with van der Waals surface area (Å²) in [4.78, 5) is 10.6. The van der Waals surface area contributed by atoms with Gasteiger partial charge in [-0.3, -0.25) is 0 Å². The van der Waals surface area contributed by atoms with Crippen LogP contribution in [0, 0.1) is 0 Å². The SMILES string of the molecule is Nc1cc(C(=O)O)ccc1C=CCBr. The van der Waals surface area contributed by atoms with Gasteiger partial charge in [0.25, 0.3) is 0 Å². The predicted molar refractivity (Wildman–Crippen MR) is 60.6 cm³/mol. The second kappa shape index (κ2) is 4.81. The van der Waals surface area contributed by atoms with E-state index in [2.05, 4.69) is 15.9 Å². The van der Waals surface area contributed by atoms with Crippen LogP contribution in [-0.4, -0.2) is 16.4 Å². The van der Waals surface area contributed by atoms with Crippen molar-refractivity contribution < 1.29 is 9.90 Å². The van der Waals surface area contributed by atoms with Crippen LogP contribution < -0.4 is 5.73 Å². The third-order valence-electron chi connectivity index (χ3n) is 1.72. The van der Waals surface area contributed by atoms with Crippen LogP contribution in [0.2, 0.25) is 0 Å². The summed E-state index contributed by atoms with van der Waals surface area (Å²) in [5.74, 6) is -0.965. The van der Waals surface area contributed by atoms with Gasteiger partial charge in [-0.15, -0.1) is 0 Å². The van der Waals surface area contributed by atoms with Crippen LogP contribution in [0.25, 0.3) is 6.08 Å². The first kappa shape index (κ1) is 10.8. The zero-order chi connectivity index (χ0) is 10.6. The normalized spacial score (nSPS) is 10.6. The van der Waals surface area contributed by atoms with E-state index >= 15 is 0 Å². The number of rotatable bonds is 3. The lowest BCUT2D eigenvalue weighted by Gasteiger charge is -2.01. The van der Waals surface area contributed by atoms with E-state index < -0.39 is 5.97 Å². The molecule has 0 saturated carbocycles. The van der Waals surface area contributed by atoms with Crippen molar-refractivity contribution in [1.29, 1.82) is 0 Å². The molecule has 0 atom stereocenters. The molecule has 0 aliphatic heterocycles. The average molecular weight is 256 g/mol. The Balaban J connectivity index is 3.01. The summed E-state index contributed by atoms with van der Waals surface area (Å²) < 4.78 is 0. The minimum atomic E-state index is -0.965. The number of carboxylic acids is 1. The molecule has 0 aliphatic rings. The molecule has 0 aromatic heterocycles. The van der Waals surface area contributed by atoms with Crippen LogP contribution in [0.4, 0.5) is 5.69 Å². The Morgan fingerprint density at radius 3 is 2.79 bits per heavy atom. The van der Waals surface area contributed by atoms with Crippen LogP contribution in [-0.2, 0) is 0 Å². The van der Waals surface area contributed by atoms with E-state index in [-0.39, 0.29) is 5.56 Å². The summed E-state index contributed by atoms with van der Waals surface area (Å²) in [7, 11) is 0. The van der Waals surface area contributed by atoms with Crippen LogP contribution in [0.1, 0.15) is 15.9 Å². The molecule has 0 radical (unpaired) electrons. The van der Waals surface area contributed by atoms with Gasteiger partial charge < -0.3 is 10.8 Å². The van der Waals surface area contributed by atoms with E-state index in [1.165, 1.54) is 12.1 Å². The Morgan fingerprint density at radius 2 is 2.29 bits per heavy atom. The number of anilines is 1. The van der Waals surface area contributed by atoms with Gasteiger partial charge in [0.15, 0.2) is 0 Å². The number of nitrogens with two attached hydrogens (primary N) is 1. The van der Waals surface area contributed by atoms with Crippen molar-refractivity contribution >= 4 is 33.7 Å². The van der Waals surface area contributed by atoms with Crippen molar-refractivity contribution in [1.82, 2.24) is 0 Å². The van der Waals surface area contributed by atoms with Crippen molar-refractivity contribution in [3.8, 4) is 0 Å². The lowest BCUT2D eigenvalue weighted by molar-refractivity contribution is 0.0697. The second-order valence-corrected chi connectivity index (χ2v) is 3.35. The Labute approximate surface area is 90.4 Å². The summed E-state index contributed by atoms with van der Waals surface area (Å²) in [6.07, 6.45) is 3.74. The van der Waals surface area contributed by atoms with E-state index in [0.29, 0.717) is 5.69 Å². The molecule has 1 rings (SSSR count). The van der Waals surface area contributed by atoms with Crippen LogP contribution in [0.3, 0.4) is 0 Å². The van der Waals surface area contributed by atoms with Crippen LogP contribution in [0.15, 0.2) is 24.3 Å². The van der Waals surface area contributed by atoms with Gasteiger partial charge in [0.05, 0.1) is 5.56 Å². The molecule has 3 N–H and O–H groups in total. The standard InChI is InChI=1S/C10H10BrNO2/c11-5-1-2-7-3-4-8(10(13)14)6-9(7)12/h1-4,6H,5,12H2,(H,13,14). The number of carboxylic acid groups (broad SMARTS) is 1. The topological polar surface area (TPSA) is 63.3 Å². The molecule has 0 amide bonds. The smallest absolute Gasteiger partial charge is 0.335 e. The van der Waals surface area contributed by atoms with Crippen molar-refractivity contribution in [3.05, 3.63) is 35.4 Å². The summed E-state index contributed by atoms with van der Waals surface area (Å²) in [6.45, 7) is 0.